The summed E-state index contributed by atoms with van der Waals surface area (Å²) < 4.78 is 41.4. The topological polar surface area (TPSA) is 111 Å². The van der Waals surface area contributed by atoms with Crippen LogP contribution in [0.2, 0.25) is 0 Å². The van der Waals surface area contributed by atoms with Crippen LogP contribution in [0.5, 0.6) is 11.5 Å². The summed E-state index contributed by atoms with van der Waals surface area (Å²) in [5.74, 6) is -0.481. The monoisotopic (exact) mass is 450 g/mol. The fraction of sp³-hybridized carbons (Fsp3) is 0.333. The summed E-state index contributed by atoms with van der Waals surface area (Å²) in [6, 6.07) is 7.41. The number of hydrogen-bond acceptors (Lipinski definition) is 7. The Balaban J connectivity index is 2.18. The smallest absolute Gasteiger partial charge is 0.337 e. The van der Waals surface area contributed by atoms with Crippen LogP contribution in [0.4, 0.5) is 5.69 Å². The maximum atomic E-state index is 12.5. The summed E-state index contributed by atoms with van der Waals surface area (Å²) in [4.78, 5) is 24.2. The molecule has 31 heavy (non-hydrogen) atoms. The number of aryl methyl sites for hydroxylation is 1. The van der Waals surface area contributed by atoms with Gasteiger partial charge in [-0.15, -0.1) is 0 Å². The quantitative estimate of drug-likeness (QED) is 0.615. The number of sulfonamides is 1. The minimum atomic E-state index is -3.66. The molecule has 0 aromatic heterocycles. The van der Waals surface area contributed by atoms with Gasteiger partial charge in [-0.25, -0.2) is 17.5 Å². The molecule has 10 heteroatoms. The first-order valence-electron chi connectivity index (χ1n) is 9.24. The Hall–Kier alpha value is -3.11. The van der Waals surface area contributed by atoms with E-state index in [0.29, 0.717) is 5.69 Å². The molecule has 0 heterocycles. The molecule has 9 nitrogen and oxygen atoms in total. The van der Waals surface area contributed by atoms with Crippen molar-refractivity contribution in [2.45, 2.75) is 18.7 Å². The number of nitrogens with one attached hydrogen (secondary N) is 1. The number of rotatable bonds is 8. The molecule has 0 aliphatic rings. The molecule has 0 spiro atoms. The molecule has 0 atom stereocenters. The Morgan fingerprint density at radius 1 is 1.03 bits per heavy atom. The lowest BCUT2D eigenvalue weighted by Crippen LogP contribution is -2.24. The first-order valence-corrected chi connectivity index (χ1v) is 10.7. The lowest BCUT2D eigenvalue weighted by atomic mass is 10.1. The summed E-state index contributed by atoms with van der Waals surface area (Å²) in [5, 5.41) is 2.69. The van der Waals surface area contributed by atoms with E-state index in [-0.39, 0.29) is 28.6 Å². The molecule has 0 saturated carbocycles. The van der Waals surface area contributed by atoms with Crippen LogP contribution in [0.1, 0.15) is 21.5 Å². The molecule has 2 rings (SSSR count). The van der Waals surface area contributed by atoms with Crippen molar-refractivity contribution in [3.63, 3.8) is 0 Å². The Bertz CT molecular complexity index is 1100. The number of hydrogen-bond donors (Lipinski definition) is 1. The van der Waals surface area contributed by atoms with Crippen molar-refractivity contribution >= 4 is 27.6 Å². The Kier molecular flexibility index (Phi) is 7.64. The van der Waals surface area contributed by atoms with Gasteiger partial charge in [-0.1, -0.05) is 0 Å². The number of ether oxygens (including phenoxy) is 3. The molecule has 0 radical (unpaired) electrons. The van der Waals surface area contributed by atoms with Crippen LogP contribution in [-0.4, -0.2) is 59.5 Å². The van der Waals surface area contributed by atoms with Gasteiger partial charge in [0, 0.05) is 19.8 Å². The zero-order valence-corrected chi connectivity index (χ0v) is 19.1. The summed E-state index contributed by atoms with van der Waals surface area (Å²) in [6.45, 7) is 3.20. The maximum absolute atomic E-state index is 12.5. The third-order valence-corrected chi connectivity index (χ3v) is 6.43. The molecule has 1 N–H and O–H groups in total. The second kappa shape index (κ2) is 9.80. The molecule has 2 aromatic carbocycles. The van der Waals surface area contributed by atoms with Crippen LogP contribution in [0.25, 0.3) is 0 Å². The number of nitrogens with zero attached hydrogens (tertiary/aromatic N) is 1. The van der Waals surface area contributed by atoms with Crippen molar-refractivity contribution in [1.82, 2.24) is 4.31 Å². The second-order valence-electron chi connectivity index (χ2n) is 6.89. The first-order chi connectivity index (χ1) is 14.5. The van der Waals surface area contributed by atoms with E-state index >= 15 is 0 Å². The van der Waals surface area contributed by atoms with Gasteiger partial charge in [0.15, 0.2) is 18.1 Å². The molecule has 0 fully saturated rings. The molecule has 0 unspecified atom stereocenters. The number of methoxy groups -OCH3 is 2. The number of carbonyl (C=O) groups excluding carboxylic acids is 2. The minimum absolute atomic E-state index is 0.0805. The molecular weight excluding hydrogens is 424 g/mol. The van der Waals surface area contributed by atoms with Crippen LogP contribution in [-0.2, 0) is 19.6 Å². The fourth-order valence-electron chi connectivity index (χ4n) is 2.68. The summed E-state index contributed by atoms with van der Waals surface area (Å²) in [5.41, 5.74) is 2.12. The van der Waals surface area contributed by atoms with E-state index in [9.17, 15) is 18.0 Å². The lowest BCUT2D eigenvalue weighted by molar-refractivity contribution is -0.118. The Morgan fingerprint density at radius 2 is 1.71 bits per heavy atom. The summed E-state index contributed by atoms with van der Waals surface area (Å²) in [7, 11) is 1.90. The standard InChI is InChI=1S/C21H26N2O7S/c1-13-9-16(31(26,27)23(3)4)11-17(14(13)2)22-20(24)12-30-18-8-7-15(21(25)29-6)10-19(18)28-5/h7-11H,12H2,1-6H3,(H,22,24). The molecule has 168 valence electrons. The largest absolute Gasteiger partial charge is 0.493 e. The Labute approximate surface area is 182 Å². The maximum Gasteiger partial charge on any atom is 0.337 e. The van der Waals surface area contributed by atoms with E-state index < -0.39 is 21.9 Å². The van der Waals surface area contributed by atoms with E-state index in [1.807, 2.05) is 0 Å². The van der Waals surface area contributed by atoms with Gasteiger partial charge in [0.1, 0.15) is 0 Å². The fourth-order valence-corrected chi connectivity index (χ4v) is 3.69. The highest BCUT2D eigenvalue weighted by atomic mass is 32.2. The van der Waals surface area contributed by atoms with E-state index in [0.717, 1.165) is 15.4 Å². The average Bonchev–Trinajstić information content (AvgIpc) is 2.74. The van der Waals surface area contributed by atoms with Gasteiger partial charge in [0.25, 0.3) is 5.91 Å². The number of esters is 1. The average molecular weight is 451 g/mol. The molecule has 0 saturated heterocycles. The molecule has 0 bridgehead atoms. The molecule has 0 aliphatic carbocycles. The normalized spacial score (nSPS) is 11.2. The summed E-state index contributed by atoms with van der Waals surface area (Å²) >= 11 is 0. The van der Waals surface area contributed by atoms with Crippen molar-refractivity contribution in [3.8, 4) is 11.5 Å². The third-order valence-electron chi connectivity index (χ3n) is 4.64. The molecule has 2 aromatic rings. The van der Waals surface area contributed by atoms with Gasteiger partial charge in [-0.05, 0) is 55.3 Å². The van der Waals surface area contributed by atoms with Crippen LogP contribution >= 0.6 is 0 Å². The number of benzene rings is 2. The highest BCUT2D eigenvalue weighted by molar-refractivity contribution is 7.89. The summed E-state index contributed by atoms with van der Waals surface area (Å²) in [6.07, 6.45) is 0. The predicted molar refractivity (Wildman–Crippen MR) is 115 cm³/mol. The Morgan fingerprint density at radius 3 is 2.29 bits per heavy atom. The molecular formula is C21H26N2O7S. The van der Waals surface area contributed by atoms with Gasteiger partial charge < -0.3 is 19.5 Å². The van der Waals surface area contributed by atoms with Gasteiger partial charge in [-0.2, -0.15) is 0 Å². The highest BCUT2D eigenvalue weighted by Gasteiger charge is 2.20. The predicted octanol–water partition coefficient (Wildman–Crippen LogP) is 2.37. The van der Waals surface area contributed by atoms with E-state index in [2.05, 4.69) is 10.1 Å². The lowest BCUT2D eigenvalue weighted by Gasteiger charge is -2.17. The van der Waals surface area contributed by atoms with Crippen molar-refractivity contribution in [2.24, 2.45) is 0 Å². The SMILES string of the molecule is COC(=O)c1ccc(OCC(=O)Nc2cc(S(=O)(=O)N(C)C)cc(C)c2C)c(OC)c1. The van der Waals surface area contributed by atoms with E-state index in [4.69, 9.17) is 9.47 Å². The van der Waals surface area contributed by atoms with Crippen molar-refractivity contribution in [3.05, 3.63) is 47.0 Å². The van der Waals surface area contributed by atoms with Crippen LogP contribution < -0.4 is 14.8 Å². The van der Waals surface area contributed by atoms with E-state index in [1.165, 1.54) is 52.6 Å². The highest BCUT2D eigenvalue weighted by Crippen LogP contribution is 2.29. The van der Waals surface area contributed by atoms with Crippen LogP contribution in [0, 0.1) is 13.8 Å². The van der Waals surface area contributed by atoms with Gasteiger partial charge in [0.05, 0.1) is 24.7 Å². The van der Waals surface area contributed by atoms with Crippen LogP contribution in [0.15, 0.2) is 35.2 Å². The van der Waals surface area contributed by atoms with Gasteiger partial charge in [-0.3, -0.25) is 4.79 Å². The third kappa shape index (κ3) is 5.53. The van der Waals surface area contributed by atoms with Crippen molar-refractivity contribution in [1.29, 1.82) is 0 Å². The minimum Gasteiger partial charge on any atom is -0.493 e. The number of anilines is 1. The second-order valence-corrected chi connectivity index (χ2v) is 9.05. The molecule has 0 aliphatic heterocycles. The van der Waals surface area contributed by atoms with Gasteiger partial charge >= 0.3 is 5.97 Å². The first kappa shape index (κ1) is 24.2. The van der Waals surface area contributed by atoms with Crippen molar-refractivity contribution < 1.29 is 32.2 Å². The zero-order chi connectivity index (χ0) is 23.3. The number of carbonyl (C=O) groups is 2. The van der Waals surface area contributed by atoms with Crippen LogP contribution in [0.3, 0.4) is 0 Å². The van der Waals surface area contributed by atoms with Crippen molar-refractivity contribution in [2.75, 3.05) is 40.2 Å². The molecule has 1 amide bonds. The number of amides is 1. The zero-order valence-electron chi connectivity index (χ0n) is 18.3. The van der Waals surface area contributed by atoms with Gasteiger partial charge in [0.2, 0.25) is 10.0 Å². The van der Waals surface area contributed by atoms with E-state index in [1.54, 1.807) is 19.9 Å².